The molecule has 0 bridgehead atoms. The van der Waals surface area contributed by atoms with Gasteiger partial charge in [-0.25, -0.2) is 4.68 Å². The van der Waals surface area contributed by atoms with Crippen molar-refractivity contribution in [2.45, 2.75) is 6.73 Å². The molecule has 0 amide bonds. The van der Waals surface area contributed by atoms with Gasteiger partial charge in [-0.2, -0.15) is 5.10 Å². The van der Waals surface area contributed by atoms with Crippen LogP contribution in [0.5, 0.6) is 5.75 Å². The Hall–Kier alpha value is -1.39. The number of anilines is 1. The molecule has 1 heterocycles. The van der Waals surface area contributed by atoms with E-state index in [1.807, 2.05) is 0 Å². The number of ether oxygens (including phenoxy) is 1. The topological polar surface area (TPSA) is 53.1 Å². The van der Waals surface area contributed by atoms with Crippen LogP contribution in [-0.4, -0.2) is 9.78 Å². The second-order valence-electron chi connectivity index (χ2n) is 3.13. The van der Waals surface area contributed by atoms with Crippen molar-refractivity contribution in [3.8, 4) is 5.75 Å². The zero-order valence-electron chi connectivity index (χ0n) is 8.23. The van der Waals surface area contributed by atoms with Gasteiger partial charge in [-0.3, -0.25) is 0 Å². The van der Waals surface area contributed by atoms with Gasteiger partial charge in [0.1, 0.15) is 11.6 Å². The second kappa shape index (κ2) is 4.63. The number of aromatic nitrogens is 2. The van der Waals surface area contributed by atoms with E-state index in [1.54, 1.807) is 35.1 Å². The third-order valence-electron chi connectivity index (χ3n) is 1.91. The summed E-state index contributed by atoms with van der Waals surface area (Å²) in [6.07, 6.45) is 1.72. The van der Waals surface area contributed by atoms with E-state index in [0.717, 1.165) is 0 Å². The maximum atomic E-state index is 5.94. The molecule has 4 nitrogen and oxygen atoms in total. The predicted molar refractivity (Wildman–Crippen MR) is 63.7 cm³/mol. The Morgan fingerprint density at radius 2 is 2.12 bits per heavy atom. The molecule has 2 N–H and O–H groups in total. The van der Waals surface area contributed by atoms with Gasteiger partial charge in [0.2, 0.25) is 0 Å². The standard InChI is InChI=1S/C10H9Cl2N3O/c11-7-1-2-9(8(12)5-7)16-6-15-4-3-10(13)14-15/h1-5H,6H2,(H2,13,14). The van der Waals surface area contributed by atoms with Crippen molar-refractivity contribution >= 4 is 29.0 Å². The molecule has 84 valence electrons. The van der Waals surface area contributed by atoms with E-state index in [1.165, 1.54) is 0 Å². The predicted octanol–water partition coefficient (Wildman–Crippen LogP) is 2.81. The normalized spacial score (nSPS) is 10.4. The molecule has 2 rings (SSSR count). The summed E-state index contributed by atoms with van der Waals surface area (Å²) in [5, 5.41) is 5.01. The molecule has 6 heteroatoms. The molecule has 0 saturated heterocycles. The van der Waals surface area contributed by atoms with Crippen LogP contribution in [0.4, 0.5) is 5.82 Å². The summed E-state index contributed by atoms with van der Waals surface area (Å²) in [5.41, 5.74) is 5.47. The molecule has 2 aromatic rings. The van der Waals surface area contributed by atoms with Crippen molar-refractivity contribution in [2.24, 2.45) is 0 Å². The average molecular weight is 258 g/mol. The summed E-state index contributed by atoms with van der Waals surface area (Å²) in [4.78, 5) is 0. The first kappa shape index (κ1) is 11.1. The van der Waals surface area contributed by atoms with Gasteiger partial charge < -0.3 is 10.5 Å². The van der Waals surface area contributed by atoms with E-state index < -0.39 is 0 Å². The fourth-order valence-corrected chi connectivity index (χ4v) is 1.64. The Morgan fingerprint density at radius 3 is 2.75 bits per heavy atom. The van der Waals surface area contributed by atoms with Crippen LogP contribution in [0.3, 0.4) is 0 Å². The van der Waals surface area contributed by atoms with Crippen molar-refractivity contribution in [1.82, 2.24) is 9.78 Å². The number of hydrogen-bond donors (Lipinski definition) is 1. The molecule has 1 aromatic heterocycles. The fraction of sp³-hybridized carbons (Fsp3) is 0.100. The highest BCUT2D eigenvalue weighted by molar-refractivity contribution is 6.35. The summed E-state index contributed by atoms with van der Waals surface area (Å²) in [7, 11) is 0. The van der Waals surface area contributed by atoms with Gasteiger partial charge in [-0.05, 0) is 18.2 Å². The maximum Gasteiger partial charge on any atom is 0.181 e. The second-order valence-corrected chi connectivity index (χ2v) is 3.97. The zero-order chi connectivity index (χ0) is 11.5. The highest BCUT2D eigenvalue weighted by atomic mass is 35.5. The third-order valence-corrected chi connectivity index (χ3v) is 2.44. The van der Waals surface area contributed by atoms with Crippen molar-refractivity contribution in [3.05, 3.63) is 40.5 Å². The number of rotatable bonds is 3. The van der Waals surface area contributed by atoms with Crippen molar-refractivity contribution in [1.29, 1.82) is 0 Å². The average Bonchev–Trinajstić information content (AvgIpc) is 2.63. The smallest absolute Gasteiger partial charge is 0.181 e. The van der Waals surface area contributed by atoms with Crippen LogP contribution in [0.2, 0.25) is 10.0 Å². The van der Waals surface area contributed by atoms with E-state index in [9.17, 15) is 0 Å². The lowest BCUT2D eigenvalue weighted by Gasteiger charge is -2.07. The van der Waals surface area contributed by atoms with Crippen LogP contribution in [0.25, 0.3) is 0 Å². The van der Waals surface area contributed by atoms with Crippen LogP contribution in [0.1, 0.15) is 0 Å². The lowest BCUT2D eigenvalue weighted by Crippen LogP contribution is -2.06. The van der Waals surface area contributed by atoms with Gasteiger partial charge in [-0.15, -0.1) is 0 Å². The molecule has 0 aliphatic rings. The third kappa shape index (κ3) is 2.59. The summed E-state index contributed by atoms with van der Waals surface area (Å²) < 4.78 is 7.02. The number of hydrogen-bond acceptors (Lipinski definition) is 3. The molecule has 1 aromatic carbocycles. The first-order valence-electron chi connectivity index (χ1n) is 4.52. The molecule has 0 spiro atoms. The molecule has 0 atom stereocenters. The minimum Gasteiger partial charge on any atom is -0.470 e. The van der Waals surface area contributed by atoms with Crippen LogP contribution in [0, 0.1) is 0 Å². The van der Waals surface area contributed by atoms with Gasteiger partial charge in [0.25, 0.3) is 0 Å². The van der Waals surface area contributed by atoms with E-state index in [4.69, 9.17) is 33.7 Å². The SMILES string of the molecule is Nc1ccn(COc2ccc(Cl)cc2Cl)n1. The Morgan fingerprint density at radius 1 is 1.31 bits per heavy atom. The number of nitrogen functional groups attached to an aromatic ring is 1. The van der Waals surface area contributed by atoms with Gasteiger partial charge in [0.05, 0.1) is 5.02 Å². The Bertz CT molecular complexity index is 499. The molecule has 0 aliphatic carbocycles. The molecule has 0 aliphatic heterocycles. The molecule has 0 saturated carbocycles. The molecular weight excluding hydrogens is 249 g/mol. The minimum absolute atomic E-state index is 0.249. The fourth-order valence-electron chi connectivity index (χ4n) is 1.18. The first-order valence-corrected chi connectivity index (χ1v) is 5.27. The summed E-state index contributed by atoms with van der Waals surface area (Å²) in [5.74, 6) is 1.01. The Labute approximate surface area is 103 Å². The number of nitrogens with two attached hydrogens (primary N) is 1. The van der Waals surface area contributed by atoms with E-state index in [2.05, 4.69) is 5.10 Å². The van der Waals surface area contributed by atoms with Crippen LogP contribution in [0.15, 0.2) is 30.5 Å². The van der Waals surface area contributed by atoms with E-state index in [-0.39, 0.29) is 6.73 Å². The van der Waals surface area contributed by atoms with Gasteiger partial charge >= 0.3 is 0 Å². The highest BCUT2D eigenvalue weighted by Gasteiger charge is 2.02. The monoisotopic (exact) mass is 257 g/mol. The molecule has 0 unspecified atom stereocenters. The van der Waals surface area contributed by atoms with E-state index in [0.29, 0.717) is 21.6 Å². The lowest BCUT2D eigenvalue weighted by molar-refractivity contribution is 0.221. The Balaban J connectivity index is 2.04. The zero-order valence-corrected chi connectivity index (χ0v) is 9.74. The number of nitrogens with zero attached hydrogens (tertiary/aromatic N) is 2. The molecule has 0 fully saturated rings. The quantitative estimate of drug-likeness (QED) is 0.920. The van der Waals surface area contributed by atoms with Crippen LogP contribution < -0.4 is 10.5 Å². The van der Waals surface area contributed by atoms with E-state index >= 15 is 0 Å². The van der Waals surface area contributed by atoms with Crippen molar-refractivity contribution < 1.29 is 4.74 Å². The number of benzene rings is 1. The highest BCUT2D eigenvalue weighted by Crippen LogP contribution is 2.27. The van der Waals surface area contributed by atoms with Crippen molar-refractivity contribution in [3.63, 3.8) is 0 Å². The van der Waals surface area contributed by atoms with Crippen molar-refractivity contribution in [2.75, 3.05) is 5.73 Å². The molecular formula is C10H9Cl2N3O. The van der Waals surface area contributed by atoms with Gasteiger partial charge in [0.15, 0.2) is 6.73 Å². The molecule has 16 heavy (non-hydrogen) atoms. The van der Waals surface area contributed by atoms with Crippen LogP contribution in [-0.2, 0) is 6.73 Å². The maximum absolute atomic E-state index is 5.94. The summed E-state index contributed by atoms with van der Waals surface area (Å²) >= 11 is 11.7. The largest absolute Gasteiger partial charge is 0.470 e. The first-order chi connectivity index (χ1) is 7.65. The van der Waals surface area contributed by atoms with Gasteiger partial charge in [-0.1, -0.05) is 23.2 Å². The molecule has 0 radical (unpaired) electrons. The Kier molecular flexibility index (Phi) is 3.22. The minimum atomic E-state index is 0.249. The summed E-state index contributed by atoms with van der Waals surface area (Å²) in [6.45, 7) is 0.249. The lowest BCUT2D eigenvalue weighted by atomic mass is 10.3. The van der Waals surface area contributed by atoms with Gasteiger partial charge in [0, 0.05) is 17.3 Å². The summed E-state index contributed by atoms with van der Waals surface area (Å²) in [6, 6.07) is 6.72. The number of halogens is 2. The van der Waals surface area contributed by atoms with Crippen LogP contribution >= 0.6 is 23.2 Å².